The van der Waals surface area contributed by atoms with E-state index in [0.29, 0.717) is 31.8 Å². The van der Waals surface area contributed by atoms with E-state index >= 15 is 0 Å². The van der Waals surface area contributed by atoms with Gasteiger partial charge in [0.05, 0.1) is 18.8 Å². The van der Waals surface area contributed by atoms with Crippen LogP contribution in [0.4, 0.5) is 17.6 Å². The fourth-order valence-electron chi connectivity index (χ4n) is 4.36. The van der Waals surface area contributed by atoms with Crippen LogP contribution in [-0.4, -0.2) is 63.1 Å². The van der Waals surface area contributed by atoms with E-state index in [9.17, 15) is 0 Å². The summed E-state index contributed by atoms with van der Waals surface area (Å²) < 4.78 is 7.50. The third-order valence-electron chi connectivity index (χ3n) is 5.87. The van der Waals surface area contributed by atoms with Crippen LogP contribution in [-0.2, 0) is 11.3 Å². The average Bonchev–Trinajstić information content (AvgIpc) is 3.45. The van der Waals surface area contributed by atoms with Crippen LogP contribution < -0.4 is 15.5 Å². The van der Waals surface area contributed by atoms with Gasteiger partial charge in [-0.2, -0.15) is 10.1 Å². The smallest absolute Gasteiger partial charge is 0.228 e. The van der Waals surface area contributed by atoms with Crippen molar-refractivity contribution in [3.63, 3.8) is 0 Å². The van der Waals surface area contributed by atoms with Crippen molar-refractivity contribution in [3.05, 3.63) is 29.6 Å². The Morgan fingerprint density at radius 3 is 2.87 bits per heavy atom. The first kappa shape index (κ1) is 19.2. The van der Waals surface area contributed by atoms with Crippen molar-refractivity contribution in [2.75, 3.05) is 36.5 Å². The molecule has 0 aliphatic carbocycles. The summed E-state index contributed by atoms with van der Waals surface area (Å²) in [6.07, 6.45) is 3.00. The number of hydrogen-bond acceptors (Lipinski definition) is 8. The molecule has 0 radical (unpaired) electrons. The summed E-state index contributed by atoms with van der Waals surface area (Å²) in [6.45, 7) is 9.88. The van der Waals surface area contributed by atoms with Gasteiger partial charge in [-0.1, -0.05) is 6.07 Å². The minimum atomic E-state index is 0.450. The molecule has 5 heterocycles. The molecule has 30 heavy (non-hydrogen) atoms. The summed E-state index contributed by atoms with van der Waals surface area (Å²) >= 11 is 0. The molecular formula is C21H28N8O. The lowest BCUT2D eigenvalue weighted by molar-refractivity contribution is 0.137. The van der Waals surface area contributed by atoms with E-state index in [1.807, 2.05) is 43.8 Å². The minimum Gasteiger partial charge on any atom is -0.380 e. The largest absolute Gasteiger partial charge is 0.380 e. The number of nitrogens with one attached hydrogen (secondary N) is 2. The van der Waals surface area contributed by atoms with E-state index in [2.05, 4.69) is 20.5 Å². The number of aromatic nitrogens is 5. The lowest BCUT2D eigenvalue weighted by Gasteiger charge is -2.27. The molecule has 2 N–H and O–H groups in total. The normalized spacial score (nSPS) is 20.4. The van der Waals surface area contributed by atoms with Gasteiger partial charge in [-0.15, -0.1) is 0 Å². The molecule has 3 aromatic rings. The highest BCUT2D eigenvalue weighted by Gasteiger charge is 2.39. The van der Waals surface area contributed by atoms with Crippen molar-refractivity contribution < 1.29 is 4.74 Å². The van der Waals surface area contributed by atoms with E-state index in [1.165, 1.54) is 0 Å². The minimum absolute atomic E-state index is 0.450. The van der Waals surface area contributed by atoms with Crippen LogP contribution in [0.2, 0.25) is 0 Å². The second-order valence-corrected chi connectivity index (χ2v) is 8.07. The maximum atomic E-state index is 5.56. The Morgan fingerprint density at radius 1 is 1.27 bits per heavy atom. The first-order chi connectivity index (χ1) is 14.6. The van der Waals surface area contributed by atoms with Crippen molar-refractivity contribution in [3.8, 4) is 0 Å². The standard InChI is InChI=1S/C21H28N8O/c1-4-30-8-7-29-19-18(14(3)27-29)25-21(28-12-15-9-16(28)11-22-15)26-20(19)24-17-6-5-13(2)10-23-17/h5-6,10,15-16,22H,4,7-9,11-12H2,1-3H3,(H,23,24,25,26)/t15-,16-/m0/s1. The van der Waals surface area contributed by atoms with E-state index in [4.69, 9.17) is 19.8 Å². The molecule has 0 unspecified atom stereocenters. The monoisotopic (exact) mass is 408 g/mol. The van der Waals surface area contributed by atoms with Gasteiger partial charge in [-0.3, -0.25) is 4.68 Å². The molecule has 0 aromatic carbocycles. The molecular weight excluding hydrogens is 380 g/mol. The maximum absolute atomic E-state index is 5.56. The predicted octanol–water partition coefficient (Wildman–Crippen LogP) is 2.17. The topological polar surface area (TPSA) is 93.0 Å². The van der Waals surface area contributed by atoms with Gasteiger partial charge in [0.25, 0.3) is 0 Å². The summed E-state index contributed by atoms with van der Waals surface area (Å²) in [5, 5.41) is 11.7. The zero-order chi connectivity index (χ0) is 20.7. The fourth-order valence-corrected chi connectivity index (χ4v) is 4.36. The Balaban J connectivity index is 1.58. The quantitative estimate of drug-likeness (QED) is 0.575. The molecule has 2 fully saturated rings. The fraction of sp³-hybridized carbons (Fsp3) is 0.524. The van der Waals surface area contributed by atoms with Crippen molar-refractivity contribution in [2.45, 2.75) is 45.8 Å². The molecule has 2 aliphatic rings. The molecule has 2 bridgehead atoms. The van der Waals surface area contributed by atoms with Crippen molar-refractivity contribution in [1.29, 1.82) is 0 Å². The van der Waals surface area contributed by atoms with E-state index in [1.54, 1.807) is 0 Å². The molecule has 5 rings (SSSR count). The molecule has 2 aliphatic heterocycles. The summed E-state index contributed by atoms with van der Waals surface area (Å²) in [5.74, 6) is 2.25. The number of pyridine rings is 1. The second-order valence-electron chi connectivity index (χ2n) is 8.07. The van der Waals surface area contributed by atoms with Gasteiger partial charge >= 0.3 is 0 Å². The molecule has 2 saturated heterocycles. The average molecular weight is 409 g/mol. The highest BCUT2D eigenvalue weighted by atomic mass is 16.5. The van der Waals surface area contributed by atoms with Crippen molar-refractivity contribution >= 4 is 28.6 Å². The van der Waals surface area contributed by atoms with Gasteiger partial charge in [0.15, 0.2) is 5.82 Å². The zero-order valence-electron chi connectivity index (χ0n) is 17.7. The number of hydrogen-bond donors (Lipinski definition) is 2. The Labute approximate surface area is 175 Å². The Kier molecular flexibility index (Phi) is 5.00. The van der Waals surface area contributed by atoms with Gasteiger partial charge in [0.1, 0.15) is 16.9 Å². The number of fused-ring (bicyclic) bond motifs is 3. The summed E-state index contributed by atoms with van der Waals surface area (Å²) in [7, 11) is 0. The first-order valence-electron chi connectivity index (χ1n) is 10.6. The highest BCUT2D eigenvalue weighted by molar-refractivity contribution is 5.90. The molecule has 9 nitrogen and oxygen atoms in total. The summed E-state index contributed by atoms with van der Waals surface area (Å²) in [5.41, 5.74) is 3.78. The van der Waals surface area contributed by atoms with Crippen LogP contribution in [0, 0.1) is 13.8 Å². The van der Waals surface area contributed by atoms with Gasteiger partial charge < -0.3 is 20.3 Å². The van der Waals surface area contributed by atoms with Crippen molar-refractivity contribution in [1.82, 2.24) is 30.0 Å². The Bertz CT molecular complexity index is 1050. The molecule has 3 aromatic heterocycles. The molecule has 0 spiro atoms. The van der Waals surface area contributed by atoms with Gasteiger partial charge in [0.2, 0.25) is 5.95 Å². The number of rotatable bonds is 7. The van der Waals surface area contributed by atoms with Gasteiger partial charge in [-0.25, -0.2) is 9.97 Å². The third-order valence-corrected chi connectivity index (χ3v) is 5.87. The van der Waals surface area contributed by atoms with Gasteiger partial charge in [-0.05, 0) is 38.8 Å². The number of ether oxygens (including phenoxy) is 1. The highest BCUT2D eigenvalue weighted by Crippen LogP contribution is 2.32. The Morgan fingerprint density at radius 2 is 2.17 bits per heavy atom. The maximum Gasteiger partial charge on any atom is 0.228 e. The van der Waals surface area contributed by atoms with Crippen LogP contribution >= 0.6 is 0 Å². The first-order valence-corrected chi connectivity index (χ1v) is 10.6. The molecule has 0 saturated carbocycles. The molecule has 158 valence electrons. The number of aryl methyl sites for hydroxylation is 2. The van der Waals surface area contributed by atoms with Crippen LogP contribution in [0.5, 0.6) is 0 Å². The van der Waals surface area contributed by atoms with Crippen LogP contribution in [0.3, 0.4) is 0 Å². The van der Waals surface area contributed by atoms with Crippen molar-refractivity contribution in [2.24, 2.45) is 0 Å². The number of nitrogens with zero attached hydrogens (tertiary/aromatic N) is 6. The summed E-state index contributed by atoms with van der Waals surface area (Å²) in [4.78, 5) is 16.7. The number of anilines is 3. The van der Waals surface area contributed by atoms with Gasteiger partial charge in [0, 0.05) is 38.0 Å². The molecule has 0 amide bonds. The van der Waals surface area contributed by atoms with E-state index in [0.717, 1.165) is 59.4 Å². The van der Waals surface area contributed by atoms with E-state index < -0.39 is 0 Å². The molecule has 2 atom stereocenters. The van der Waals surface area contributed by atoms with Crippen LogP contribution in [0.1, 0.15) is 24.6 Å². The zero-order valence-corrected chi connectivity index (χ0v) is 17.7. The molecule has 9 heteroatoms. The second kappa shape index (κ2) is 7.81. The van der Waals surface area contributed by atoms with Crippen LogP contribution in [0.25, 0.3) is 11.0 Å². The lowest BCUT2D eigenvalue weighted by Crippen LogP contribution is -2.44. The predicted molar refractivity (Wildman–Crippen MR) is 116 cm³/mol. The SMILES string of the molecule is CCOCCn1nc(C)c2nc(N3C[C@@H]4C[C@H]3CN4)nc(Nc3ccc(C)cn3)c21. The van der Waals surface area contributed by atoms with Crippen LogP contribution in [0.15, 0.2) is 18.3 Å². The number of piperazine rings is 1. The Hall–Kier alpha value is -2.78. The van der Waals surface area contributed by atoms with E-state index in [-0.39, 0.29) is 0 Å². The lowest BCUT2D eigenvalue weighted by atomic mass is 10.2. The summed E-state index contributed by atoms with van der Waals surface area (Å²) in [6, 6.07) is 4.99. The third kappa shape index (κ3) is 3.48.